The molecule has 0 radical (unpaired) electrons. The van der Waals surface area contributed by atoms with Gasteiger partial charge in [0.25, 0.3) is 0 Å². The van der Waals surface area contributed by atoms with E-state index in [1.807, 2.05) is 12.1 Å². The summed E-state index contributed by atoms with van der Waals surface area (Å²) in [5.41, 5.74) is 2.03. The van der Waals surface area contributed by atoms with Crippen LogP contribution in [0.2, 0.25) is 0 Å². The van der Waals surface area contributed by atoms with Gasteiger partial charge in [-0.1, -0.05) is 13.0 Å². The van der Waals surface area contributed by atoms with Crippen LogP contribution in [0.5, 0.6) is 0 Å². The molecular weight excluding hydrogens is 314 g/mol. The number of nitrogens with one attached hydrogen (secondary N) is 2. The minimum Gasteiger partial charge on any atom is -0.396 e. The molecule has 1 heterocycles. The molecule has 1 aliphatic carbocycles. The molecule has 0 spiro atoms. The highest BCUT2D eigenvalue weighted by atomic mass is 16.3. The van der Waals surface area contributed by atoms with Crippen molar-refractivity contribution in [2.75, 3.05) is 29.9 Å². The van der Waals surface area contributed by atoms with Crippen LogP contribution in [0.25, 0.3) is 0 Å². The van der Waals surface area contributed by atoms with Crippen LogP contribution in [0.1, 0.15) is 45.4 Å². The predicted octanol–water partition coefficient (Wildman–Crippen LogP) is 3.60. The molecule has 1 saturated heterocycles. The van der Waals surface area contributed by atoms with Crippen LogP contribution in [0.4, 0.5) is 16.2 Å². The molecule has 3 N–H and O–H groups in total. The number of carbonyl (C=O) groups is 1. The van der Waals surface area contributed by atoms with Gasteiger partial charge in [-0.25, -0.2) is 4.79 Å². The number of anilines is 2. The lowest BCUT2D eigenvalue weighted by Gasteiger charge is -2.32. The maximum absolute atomic E-state index is 12.3. The van der Waals surface area contributed by atoms with E-state index in [0.29, 0.717) is 5.92 Å². The number of hydrogen-bond donors (Lipinski definition) is 3. The number of aliphatic hydroxyl groups excluding tert-OH is 1. The van der Waals surface area contributed by atoms with E-state index in [2.05, 4.69) is 34.6 Å². The molecule has 5 heteroatoms. The Labute approximate surface area is 150 Å². The Morgan fingerprint density at radius 1 is 1.16 bits per heavy atom. The average molecular weight is 345 g/mol. The van der Waals surface area contributed by atoms with Gasteiger partial charge < -0.3 is 20.6 Å². The Morgan fingerprint density at radius 2 is 1.88 bits per heavy atom. The zero-order valence-corrected chi connectivity index (χ0v) is 15.2. The first-order valence-electron chi connectivity index (χ1n) is 9.67. The molecule has 0 aromatic heterocycles. The molecule has 2 amide bonds. The van der Waals surface area contributed by atoms with Gasteiger partial charge in [0.2, 0.25) is 0 Å². The second kappa shape index (κ2) is 8.56. The van der Waals surface area contributed by atoms with Crippen LogP contribution >= 0.6 is 0 Å². The fraction of sp³-hybridized carbons (Fsp3) is 0.650. The van der Waals surface area contributed by atoms with Crippen LogP contribution in [-0.4, -0.2) is 36.9 Å². The molecule has 3 rings (SSSR count). The monoisotopic (exact) mass is 345 g/mol. The fourth-order valence-corrected chi connectivity index (χ4v) is 3.89. The van der Waals surface area contributed by atoms with Gasteiger partial charge in [-0.3, -0.25) is 0 Å². The van der Waals surface area contributed by atoms with Crippen LogP contribution < -0.4 is 15.5 Å². The number of piperidine rings is 1. The Hall–Kier alpha value is -1.75. The van der Waals surface area contributed by atoms with Crippen LogP contribution in [0.15, 0.2) is 24.3 Å². The number of benzene rings is 1. The molecule has 1 aliphatic heterocycles. The van der Waals surface area contributed by atoms with Gasteiger partial charge in [0.15, 0.2) is 0 Å². The number of rotatable bonds is 4. The lowest BCUT2D eigenvalue weighted by Crippen LogP contribution is -2.40. The summed E-state index contributed by atoms with van der Waals surface area (Å²) in [5, 5.41) is 15.2. The van der Waals surface area contributed by atoms with Crippen molar-refractivity contribution in [1.82, 2.24) is 5.32 Å². The van der Waals surface area contributed by atoms with E-state index in [-0.39, 0.29) is 18.7 Å². The summed E-state index contributed by atoms with van der Waals surface area (Å²) in [7, 11) is 0. The van der Waals surface area contributed by atoms with Crippen molar-refractivity contribution in [3.8, 4) is 0 Å². The maximum Gasteiger partial charge on any atom is 0.319 e. The van der Waals surface area contributed by atoms with Gasteiger partial charge in [0, 0.05) is 37.1 Å². The van der Waals surface area contributed by atoms with Crippen molar-refractivity contribution in [2.24, 2.45) is 11.8 Å². The number of aliphatic hydroxyl groups is 1. The van der Waals surface area contributed by atoms with Gasteiger partial charge in [-0.05, 0) is 68.6 Å². The number of nitrogens with zero attached hydrogens (tertiary/aromatic N) is 1. The van der Waals surface area contributed by atoms with Gasteiger partial charge in [0.1, 0.15) is 0 Å². The van der Waals surface area contributed by atoms with Crippen molar-refractivity contribution < 1.29 is 9.90 Å². The third-order valence-electron chi connectivity index (χ3n) is 5.69. The standard InChI is InChI=1S/C20H31N3O2/c1-15-9-11-23(12-10-15)19-4-2-3-18(13-19)22-20(25)21-17-7-5-16(14-24)6-8-17/h2-4,13,15-17,24H,5-12,14H2,1H3,(H2,21,22,25). The Bertz CT molecular complexity index is 562. The number of hydrogen-bond acceptors (Lipinski definition) is 3. The highest BCUT2D eigenvalue weighted by Gasteiger charge is 2.22. The SMILES string of the molecule is CC1CCN(c2cccc(NC(=O)NC3CCC(CO)CC3)c2)CC1. The zero-order valence-electron chi connectivity index (χ0n) is 15.2. The van der Waals surface area contributed by atoms with Crippen LogP contribution in [-0.2, 0) is 0 Å². The highest BCUT2D eigenvalue weighted by molar-refractivity contribution is 5.90. The quantitative estimate of drug-likeness (QED) is 0.781. The van der Waals surface area contributed by atoms with E-state index >= 15 is 0 Å². The summed E-state index contributed by atoms with van der Waals surface area (Å²) in [5.74, 6) is 1.22. The molecule has 1 aromatic rings. The molecule has 25 heavy (non-hydrogen) atoms. The van der Waals surface area contributed by atoms with Gasteiger partial charge >= 0.3 is 6.03 Å². The molecule has 1 aromatic carbocycles. The summed E-state index contributed by atoms with van der Waals surface area (Å²) in [6, 6.07) is 8.23. The van der Waals surface area contributed by atoms with Crippen molar-refractivity contribution in [3.05, 3.63) is 24.3 Å². The minimum atomic E-state index is -0.128. The zero-order chi connectivity index (χ0) is 17.6. The van der Waals surface area contributed by atoms with Crippen molar-refractivity contribution in [2.45, 2.75) is 51.5 Å². The largest absolute Gasteiger partial charge is 0.396 e. The van der Waals surface area contributed by atoms with E-state index < -0.39 is 0 Å². The van der Waals surface area contributed by atoms with Crippen molar-refractivity contribution >= 4 is 17.4 Å². The predicted molar refractivity (Wildman–Crippen MR) is 102 cm³/mol. The molecule has 2 fully saturated rings. The molecule has 138 valence electrons. The van der Waals surface area contributed by atoms with Crippen molar-refractivity contribution in [1.29, 1.82) is 0 Å². The van der Waals surface area contributed by atoms with Crippen LogP contribution in [0, 0.1) is 11.8 Å². The topological polar surface area (TPSA) is 64.6 Å². The van der Waals surface area contributed by atoms with Gasteiger partial charge in [-0.2, -0.15) is 0 Å². The van der Waals surface area contributed by atoms with Gasteiger partial charge in [-0.15, -0.1) is 0 Å². The van der Waals surface area contributed by atoms with E-state index in [1.54, 1.807) is 0 Å². The molecule has 5 nitrogen and oxygen atoms in total. The first-order chi connectivity index (χ1) is 12.1. The summed E-state index contributed by atoms with van der Waals surface area (Å²) in [4.78, 5) is 14.7. The molecular formula is C20H31N3O2. The number of carbonyl (C=O) groups excluding carboxylic acids is 1. The molecule has 2 aliphatic rings. The minimum absolute atomic E-state index is 0.128. The first kappa shape index (κ1) is 18.1. The normalized spacial score (nSPS) is 24.8. The third-order valence-corrected chi connectivity index (χ3v) is 5.69. The van der Waals surface area contributed by atoms with E-state index in [0.717, 1.165) is 50.4 Å². The second-order valence-corrected chi connectivity index (χ2v) is 7.72. The number of amides is 2. The van der Waals surface area contributed by atoms with E-state index in [4.69, 9.17) is 0 Å². The average Bonchev–Trinajstić information content (AvgIpc) is 2.63. The third kappa shape index (κ3) is 5.11. The highest BCUT2D eigenvalue weighted by Crippen LogP contribution is 2.26. The van der Waals surface area contributed by atoms with Crippen molar-refractivity contribution in [3.63, 3.8) is 0 Å². The second-order valence-electron chi connectivity index (χ2n) is 7.72. The number of urea groups is 1. The molecule has 1 saturated carbocycles. The fourth-order valence-electron chi connectivity index (χ4n) is 3.89. The van der Waals surface area contributed by atoms with Crippen LogP contribution in [0.3, 0.4) is 0 Å². The van der Waals surface area contributed by atoms with E-state index in [1.165, 1.54) is 18.5 Å². The molecule has 0 bridgehead atoms. The summed E-state index contributed by atoms with van der Waals surface area (Å²) < 4.78 is 0. The summed E-state index contributed by atoms with van der Waals surface area (Å²) in [6.45, 7) is 4.75. The maximum atomic E-state index is 12.3. The first-order valence-corrected chi connectivity index (χ1v) is 9.67. The summed E-state index contributed by atoms with van der Waals surface area (Å²) >= 11 is 0. The smallest absolute Gasteiger partial charge is 0.319 e. The Morgan fingerprint density at radius 3 is 2.56 bits per heavy atom. The Balaban J connectivity index is 1.51. The lowest BCUT2D eigenvalue weighted by atomic mass is 9.87. The molecule has 0 unspecified atom stereocenters. The van der Waals surface area contributed by atoms with E-state index in [9.17, 15) is 9.90 Å². The summed E-state index contributed by atoms with van der Waals surface area (Å²) in [6.07, 6.45) is 6.34. The molecule has 0 atom stereocenters. The Kier molecular flexibility index (Phi) is 6.19. The lowest BCUT2D eigenvalue weighted by molar-refractivity contribution is 0.176. The van der Waals surface area contributed by atoms with Gasteiger partial charge in [0.05, 0.1) is 0 Å².